The van der Waals surface area contributed by atoms with Crippen molar-refractivity contribution >= 4 is 17.9 Å². The van der Waals surface area contributed by atoms with Gasteiger partial charge in [-0.05, 0) is 38.5 Å². The highest BCUT2D eigenvalue weighted by molar-refractivity contribution is 5.72. The number of carbonyl (C=O) groups excluding carboxylic acids is 2. The first-order valence-electron chi connectivity index (χ1n) is 25.7. The minimum absolute atomic E-state index is 0.0526. The number of carboxylic acids is 1. The Balaban J connectivity index is 4.27. The molecule has 360 valence electrons. The average molecular weight is 873 g/mol. The second kappa shape index (κ2) is 44.9. The van der Waals surface area contributed by atoms with Gasteiger partial charge in [-0.15, -0.1) is 0 Å². The van der Waals surface area contributed by atoms with Crippen molar-refractivity contribution in [2.75, 3.05) is 41.0 Å². The molecule has 1 N–H and O–H groups in total. The Morgan fingerprint density at radius 2 is 0.855 bits per heavy atom. The number of hydrogen-bond acceptors (Lipinski definition) is 6. The predicted octanol–water partition coefficient (Wildman–Crippen LogP) is 14.8. The standard InChI is InChI=1S/C54H97NO7/c1-6-8-10-12-14-16-18-20-22-24-26-27-29-30-32-34-36-38-40-42-44-52(56)61-49-50(48-60-47-46-51(54(58)59)55(3,4)5)62-53(57)45-43-41-39-37-35-33-31-28-25-23-21-19-17-15-13-11-9-7-2/h15,17,19,21,23,25,28,31,50-51H,6-14,16,18,20,22,24,26-27,29-30,32-49H2,1-5H3/p+1/b17-15+,21-19+,25-23+,31-28+. The number of unbranched alkanes of at least 4 members (excludes halogenated alkanes) is 27. The third kappa shape index (κ3) is 42.6. The van der Waals surface area contributed by atoms with Crippen LogP contribution in [-0.2, 0) is 28.6 Å². The van der Waals surface area contributed by atoms with E-state index < -0.39 is 18.1 Å². The fourth-order valence-corrected chi connectivity index (χ4v) is 7.58. The van der Waals surface area contributed by atoms with Crippen LogP contribution in [-0.4, -0.2) is 80.6 Å². The SMILES string of the molecule is CCCCC/C=C/C=C/C=C/C=C/CCCCCCCC(=O)OC(COCCC(C(=O)O)[N+](C)(C)C)COC(=O)CCCCCCCCCCCCCCCCCCCCCC. The van der Waals surface area contributed by atoms with Gasteiger partial charge in [0.15, 0.2) is 12.1 Å². The molecule has 0 radical (unpaired) electrons. The van der Waals surface area contributed by atoms with Gasteiger partial charge in [-0.1, -0.05) is 217 Å². The molecule has 0 aliphatic carbocycles. The van der Waals surface area contributed by atoms with Gasteiger partial charge in [-0.2, -0.15) is 0 Å². The molecule has 0 rings (SSSR count). The normalized spacial score (nSPS) is 13.2. The lowest BCUT2D eigenvalue weighted by Crippen LogP contribution is -2.50. The summed E-state index contributed by atoms with van der Waals surface area (Å²) in [4.78, 5) is 37.1. The molecule has 0 fully saturated rings. The van der Waals surface area contributed by atoms with Crippen molar-refractivity contribution in [3.63, 3.8) is 0 Å². The fraction of sp³-hybridized carbons (Fsp3) is 0.796. The van der Waals surface area contributed by atoms with Crippen molar-refractivity contribution in [2.24, 2.45) is 0 Å². The zero-order valence-corrected chi connectivity index (χ0v) is 41.1. The van der Waals surface area contributed by atoms with Crippen molar-refractivity contribution in [3.05, 3.63) is 48.6 Å². The first-order chi connectivity index (χ1) is 30.1. The van der Waals surface area contributed by atoms with Crippen molar-refractivity contribution in [2.45, 2.75) is 238 Å². The highest BCUT2D eigenvalue weighted by Crippen LogP contribution is 2.16. The maximum absolute atomic E-state index is 12.8. The Hall–Kier alpha value is -2.71. The molecule has 0 saturated carbocycles. The van der Waals surface area contributed by atoms with Crippen LogP contribution in [0.3, 0.4) is 0 Å². The Morgan fingerprint density at radius 1 is 0.484 bits per heavy atom. The number of carboxylic acid groups (broad SMARTS) is 1. The van der Waals surface area contributed by atoms with Crippen LogP contribution >= 0.6 is 0 Å². The molecule has 2 atom stereocenters. The van der Waals surface area contributed by atoms with E-state index in [4.69, 9.17) is 14.2 Å². The topological polar surface area (TPSA) is 99.1 Å². The molecule has 0 amide bonds. The van der Waals surface area contributed by atoms with Crippen LogP contribution in [0.4, 0.5) is 0 Å². The summed E-state index contributed by atoms with van der Waals surface area (Å²) in [5.74, 6) is -1.49. The summed E-state index contributed by atoms with van der Waals surface area (Å²) in [6, 6.07) is -0.620. The molecule has 0 aromatic carbocycles. The molecule has 0 aromatic rings. The van der Waals surface area contributed by atoms with Gasteiger partial charge in [0.2, 0.25) is 0 Å². The lowest BCUT2D eigenvalue weighted by atomic mass is 10.0. The molecule has 0 aromatic heterocycles. The molecule has 0 heterocycles. The molecule has 0 spiro atoms. The maximum atomic E-state index is 12.8. The van der Waals surface area contributed by atoms with Crippen molar-refractivity contribution in [1.29, 1.82) is 0 Å². The van der Waals surface area contributed by atoms with E-state index in [0.717, 1.165) is 64.2 Å². The largest absolute Gasteiger partial charge is 0.477 e. The lowest BCUT2D eigenvalue weighted by molar-refractivity contribution is -0.887. The van der Waals surface area contributed by atoms with E-state index in [1.165, 1.54) is 128 Å². The van der Waals surface area contributed by atoms with Gasteiger partial charge in [0.1, 0.15) is 6.61 Å². The van der Waals surface area contributed by atoms with Crippen LogP contribution in [0.1, 0.15) is 226 Å². The highest BCUT2D eigenvalue weighted by Gasteiger charge is 2.31. The number of aliphatic carboxylic acids is 1. The molecular weight excluding hydrogens is 775 g/mol. The van der Waals surface area contributed by atoms with E-state index in [-0.39, 0.29) is 36.2 Å². The minimum atomic E-state index is -0.878. The molecule has 2 unspecified atom stereocenters. The van der Waals surface area contributed by atoms with E-state index in [9.17, 15) is 19.5 Å². The summed E-state index contributed by atoms with van der Waals surface area (Å²) >= 11 is 0. The molecule has 8 heteroatoms. The van der Waals surface area contributed by atoms with Crippen LogP contribution in [0.25, 0.3) is 0 Å². The lowest BCUT2D eigenvalue weighted by Gasteiger charge is -2.31. The highest BCUT2D eigenvalue weighted by atomic mass is 16.6. The predicted molar refractivity (Wildman–Crippen MR) is 261 cm³/mol. The Morgan fingerprint density at radius 3 is 1.29 bits per heavy atom. The third-order valence-electron chi connectivity index (χ3n) is 11.6. The molecule has 62 heavy (non-hydrogen) atoms. The van der Waals surface area contributed by atoms with Gasteiger partial charge >= 0.3 is 17.9 Å². The van der Waals surface area contributed by atoms with E-state index in [1.54, 1.807) is 0 Å². The summed E-state index contributed by atoms with van der Waals surface area (Å²) in [5, 5.41) is 9.65. The number of ether oxygens (including phenoxy) is 3. The maximum Gasteiger partial charge on any atom is 0.362 e. The number of allylic oxidation sites excluding steroid dienone is 8. The Labute approximate surface area is 382 Å². The molecular formula is C54H98NO7+. The smallest absolute Gasteiger partial charge is 0.362 e. The quantitative estimate of drug-likeness (QED) is 0.0281. The van der Waals surface area contributed by atoms with E-state index >= 15 is 0 Å². The first-order valence-corrected chi connectivity index (χ1v) is 25.7. The summed E-state index contributed by atoms with van der Waals surface area (Å²) in [6.45, 7) is 4.70. The average Bonchev–Trinajstić information content (AvgIpc) is 3.23. The number of hydrogen-bond donors (Lipinski definition) is 1. The van der Waals surface area contributed by atoms with Crippen molar-refractivity contribution < 1.29 is 38.2 Å². The van der Waals surface area contributed by atoms with Gasteiger partial charge < -0.3 is 23.8 Å². The molecule has 0 aliphatic rings. The number of quaternary nitrogens is 1. The summed E-state index contributed by atoms with van der Waals surface area (Å²) in [7, 11) is 5.53. The van der Waals surface area contributed by atoms with Crippen LogP contribution in [0, 0.1) is 0 Å². The van der Waals surface area contributed by atoms with Gasteiger partial charge in [-0.25, -0.2) is 4.79 Å². The molecule has 0 aliphatic heterocycles. The zero-order chi connectivity index (χ0) is 45.6. The second-order valence-electron chi connectivity index (χ2n) is 18.5. The Kier molecular flexibility index (Phi) is 42.9. The molecule has 8 nitrogen and oxygen atoms in total. The molecule has 0 bridgehead atoms. The van der Waals surface area contributed by atoms with Crippen molar-refractivity contribution in [1.82, 2.24) is 0 Å². The minimum Gasteiger partial charge on any atom is -0.477 e. The molecule has 0 saturated heterocycles. The van der Waals surface area contributed by atoms with Crippen LogP contribution < -0.4 is 0 Å². The van der Waals surface area contributed by atoms with Gasteiger partial charge in [0.25, 0.3) is 0 Å². The zero-order valence-electron chi connectivity index (χ0n) is 41.1. The van der Waals surface area contributed by atoms with E-state index in [2.05, 4.69) is 62.5 Å². The van der Waals surface area contributed by atoms with Crippen LogP contribution in [0.2, 0.25) is 0 Å². The number of nitrogens with zero attached hydrogens (tertiary/aromatic N) is 1. The number of esters is 2. The van der Waals surface area contributed by atoms with Gasteiger partial charge in [-0.3, -0.25) is 9.59 Å². The van der Waals surface area contributed by atoms with Crippen molar-refractivity contribution in [3.8, 4) is 0 Å². The Bertz CT molecular complexity index is 1150. The number of carbonyl (C=O) groups is 3. The van der Waals surface area contributed by atoms with E-state index in [1.807, 2.05) is 21.1 Å². The summed E-state index contributed by atoms with van der Waals surface area (Å²) < 4.78 is 17.3. The summed E-state index contributed by atoms with van der Waals surface area (Å²) in [6.07, 6.45) is 54.4. The number of rotatable bonds is 46. The fourth-order valence-electron chi connectivity index (χ4n) is 7.58. The van der Waals surface area contributed by atoms with Crippen LogP contribution in [0.5, 0.6) is 0 Å². The third-order valence-corrected chi connectivity index (χ3v) is 11.6. The van der Waals surface area contributed by atoms with E-state index in [0.29, 0.717) is 19.3 Å². The van der Waals surface area contributed by atoms with Gasteiger partial charge in [0.05, 0.1) is 34.4 Å². The first kappa shape index (κ1) is 59.3. The van der Waals surface area contributed by atoms with Gasteiger partial charge in [0, 0.05) is 19.3 Å². The monoisotopic (exact) mass is 873 g/mol. The second-order valence-corrected chi connectivity index (χ2v) is 18.5. The number of likely N-dealkylation sites (N-methyl/N-ethyl adjacent to an activating group) is 1. The summed E-state index contributed by atoms with van der Waals surface area (Å²) in [5.41, 5.74) is 0. The van der Waals surface area contributed by atoms with Crippen LogP contribution in [0.15, 0.2) is 48.6 Å².